The van der Waals surface area contributed by atoms with Gasteiger partial charge in [-0.2, -0.15) is 0 Å². The Bertz CT molecular complexity index is 416. The number of hydrogen-bond donors (Lipinski definition) is 1. The van der Waals surface area contributed by atoms with Crippen LogP contribution in [0.15, 0.2) is 12.1 Å². The highest BCUT2D eigenvalue weighted by atomic mass is 15.1. The Hall–Kier alpha value is -0.860. The van der Waals surface area contributed by atoms with Crippen molar-refractivity contribution in [2.24, 2.45) is 17.6 Å². The molecule has 0 bridgehead atoms. The van der Waals surface area contributed by atoms with Crippen LogP contribution in [0.4, 0.5) is 0 Å². The van der Waals surface area contributed by atoms with Crippen LogP contribution in [-0.2, 0) is 0 Å². The second kappa shape index (κ2) is 7.95. The fraction of sp³-hybridized carbons (Fsp3) is 0.684. The van der Waals surface area contributed by atoms with Gasteiger partial charge in [-0.1, -0.05) is 45.4 Å². The minimum atomic E-state index is 0.100. The summed E-state index contributed by atoms with van der Waals surface area (Å²) in [5.74, 6) is 1.35. The minimum Gasteiger partial charge on any atom is -0.323 e. The Morgan fingerprint density at radius 3 is 1.67 bits per heavy atom. The molecular formula is C19H34N2. The highest BCUT2D eigenvalue weighted by Crippen LogP contribution is 2.23. The van der Waals surface area contributed by atoms with Crippen molar-refractivity contribution in [3.8, 4) is 0 Å². The molecule has 0 spiro atoms. The van der Waals surface area contributed by atoms with Crippen molar-refractivity contribution in [1.82, 2.24) is 4.90 Å². The lowest BCUT2D eigenvalue weighted by Crippen LogP contribution is -2.37. The lowest BCUT2D eigenvalue weighted by atomic mass is 9.94. The summed E-state index contributed by atoms with van der Waals surface area (Å²) in [4.78, 5) is 2.53. The molecule has 1 aromatic carbocycles. The van der Waals surface area contributed by atoms with Gasteiger partial charge in [0.2, 0.25) is 0 Å². The van der Waals surface area contributed by atoms with Crippen LogP contribution < -0.4 is 5.73 Å². The molecule has 0 amide bonds. The number of nitrogens with zero attached hydrogens (tertiary/aromatic N) is 1. The maximum atomic E-state index is 6.56. The second-order valence-corrected chi connectivity index (χ2v) is 7.43. The van der Waals surface area contributed by atoms with Crippen LogP contribution in [-0.4, -0.2) is 24.5 Å². The SMILES string of the molecule is Cc1cc(C)c(C(N)CN(CC(C)C)CC(C)C)c(C)c1. The van der Waals surface area contributed by atoms with Gasteiger partial charge in [0.1, 0.15) is 0 Å². The molecule has 0 aliphatic heterocycles. The smallest absolute Gasteiger partial charge is 0.0429 e. The van der Waals surface area contributed by atoms with Crippen molar-refractivity contribution in [3.05, 3.63) is 34.4 Å². The molecule has 1 atom stereocenters. The summed E-state index contributed by atoms with van der Waals surface area (Å²) in [7, 11) is 0. The fourth-order valence-corrected chi connectivity index (χ4v) is 3.40. The van der Waals surface area contributed by atoms with E-state index in [1.165, 1.54) is 22.3 Å². The van der Waals surface area contributed by atoms with E-state index in [0.717, 1.165) is 19.6 Å². The van der Waals surface area contributed by atoms with Crippen molar-refractivity contribution in [1.29, 1.82) is 0 Å². The van der Waals surface area contributed by atoms with Gasteiger partial charge in [-0.15, -0.1) is 0 Å². The van der Waals surface area contributed by atoms with E-state index in [1.807, 2.05) is 0 Å². The maximum absolute atomic E-state index is 6.56. The molecule has 0 saturated carbocycles. The molecule has 2 N–H and O–H groups in total. The van der Waals surface area contributed by atoms with Crippen LogP contribution in [0.3, 0.4) is 0 Å². The lowest BCUT2D eigenvalue weighted by molar-refractivity contribution is 0.207. The summed E-state index contributed by atoms with van der Waals surface area (Å²) < 4.78 is 0. The second-order valence-electron chi connectivity index (χ2n) is 7.43. The van der Waals surface area contributed by atoms with Gasteiger partial charge < -0.3 is 10.6 Å². The molecule has 0 fully saturated rings. The van der Waals surface area contributed by atoms with E-state index in [-0.39, 0.29) is 6.04 Å². The van der Waals surface area contributed by atoms with Gasteiger partial charge in [0.25, 0.3) is 0 Å². The average Bonchev–Trinajstić information content (AvgIpc) is 2.24. The van der Waals surface area contributed by atoms with Gasteiger partial charge >= 0.3 is 0 Å². The number of hydrogen-bond acceptors (Lipinski definition) is 2. The van der Waals surface area contributed by atoms with Gasteiger partial charge in [0, 0.05) is 25.7 Å². The largest absolute Gasteiger partial charge is 0.323 e. The molecule has 0 aliphatic carbocycles. The van der Waals surface area contributed by atoms with Crippen molar-refractivity contribution < 1.29 is 0 Å². The van der Waals surface area contributed by atoms with Crippen LogP contribution in [0.5, 0.6) is 0 Å². The normalized spacial score (nSPS) is 13.5. The molecule has 2 nitrogen and oxygen atoms in total. The third-order valence-corrected chi connectivity index (χ3v) is 3.81. The summed E-state index contributed by atoms with van der Waals surface area (Å²) in [6.45, 7) is 18.8. The topological polar surface area (TPSA) is 29.3 Å². The summed E-state index contributed by atoms with van der Waals surface area (Å²) in [6.07, 6.45) is 0. The Labute approximate surface area is 131 Å². The van der Waals surface area contributed by atoms with Gasteiger partial charge in [0.15, 0.2) is 0 Å². The number of aryl methyl sites for hydroxylation is 3. The first-order valence-electron chi connectivity index (χ1n) is 8.26. The molecule has 1 unspecified atom stereocenters. The standard InChI is InChI=1S/C19H34N2/c1-13(2)10-21(11-14(3)4)12-18(20)19-16(6)8-15(5)9-17(19)7/h8-9,13-14,18H,10-12,20H2,1-7H3. The Morgan fingerprint density at radius 2 is 1.29 bits per heavy atom. The van der Waals surface area contributed by atoms with Gasteiger partial charge in [-0.05, 0) is 49.3 Å². The summed E-state index contributed by atoms with van der Waals surface area (Å²) in [5, 5.41) is 0. The molecule has 2 heteroatoms. The fourth-order valence-electron chi connectivity index (χ4n) is 3.40. The predicted octanol–water partition coefficient (Wildman–Crippen LogP) is 4.23. The van der Waals surface area contributed by atoms with Crippen molar-refractivity contribution >= 4 is 0 Å². The van der Waals surface area contributed by atoms with Gasteiger partial charge in [-0.25, -0.2) is 0 Å². The van der Waals surface area contributed by atoms with Crippen LogP contribution in [0.1, 0.15) is 56.0 Å². The monoisotopic (exact) mass is 290 g/mol. The van der Waals surface area contributed by atoms with E-state index in [0.29, 0.717) is 11.8 Å². The third kappa shape index (κ3) is 5.80. The summed E-state index contributed by atoms with van der Waals surface area (Å²) >= 11 is 0. The molecule has 0 saturated heterocycles. The van der Waals surface area contributed by atoms with E-state index in [2.05, 4.69) is 65.5 Å². The quantitative estimate of drug-likeness (QED) is 0.814. The maximum Gasteiger partial charge on any atom is 0.0429 e. The van der Waals surface area contributed by atoms with Crippen LogP contribution in [0.2, 0.25) is 0 Å². The van der Waals surface area contributed by atoms with E-state index in [9.17, 15) is 0 Å². The summed E-state index contributed by atoms with van der Waals surface area (Å²) in [6, 6.07) is 4.59. The van der Waals surface area contributed by atoms with Crippen LogP contribution in [0.25, 0.3) is 0 Å². The third-order valence-electron chi connectivity index (χ3n) is 3.81. The average molecular weight is 290 g/mol. The molecule has 0 radical (unpaired) electrons. The summed E-state index contributed by atoms with van der Waals surface area (Å²) in [5.41, 5.74) is 11.9. The van der Waals surface area contributed by atoms with Gasteiger partial charge in [0.05, 0.1) is 0 Å². The first kappa shape index (κ1) is 18.2. The zero-order valence-corrected chi connectivity index (χ0v) is 15.0. The van der Waals surface area contributed by atoms with E-state index < -0.39 is 0 Å². The van der Waals surface area contributed by atoms with Crippen LogP contribution in [0, 0.1) is 32.6 Å². The first-order chi connectivity index (χ1) is 9.70. The Morgan fingerprint density at radius 1 is 0.857 bits per heavy atom. The minimum absolute atomic E-state index is 0.100. The van der Waals surface area contributed by atoms with E-state index >= 15 is 0 Å². The molecule has 0 heterocycles. The number of nitrogens with two attached hydrogens (primary N) is 1. The number of benzene rings is 1. The van der Waals surface area contributed by atoms with Gasteiger partial charge in [-0.3, -0.25) is 0 Å². The molecule has 120 valence electrons. The lowest BCUT2D eigenvalue weighted by Gasteiger charge is -2.30. The Balaban J connectivity index is 2.88. The van der Waals surface area contributed by atoms with Crippen molar-refractivity contribution in [2.75, 3.05) is 19.6 Å². The van der Waals surface area contributed by atoms with Crippen molar-refractivity contribution in [3.63, 3.8) is 0 Å². The molecule has 0 aliphatic rings. The predicted molar refractivity (Wildman–Crippen MR) is 93.7 cm³/mol. The molecule has 1 aromatic rings. The van der Waals surface area contributed by atoms with Crippen LogP contribution >= 0.6 is 0 Å². The zero-order valence-electron chi connectivity index (χ0n) is 15.0. The van der Waals surface area contributed by atoms with E-state index in [1.54, 1.807) is 0 Å². The molecule has 1 rings (SSSR count). The van der Waals surface area contributed by atoms with Crippen molar-refractivity contribution in [2.45, 2.75) is 54.5 Å². The molecule has 21 heavy (non-hydrogen) atoms. The first-order valence-corrected chi connectivity index (χ1v) is 8.26. The molecular weight excluding hydrogens is 256 g/mol. The highest BCUT2D eigenvalue weighted by Gasteiger charge is 2.18. The zero-order chi connectivity index (χ0) is 16.2. The Kier molecular flexibility index (Phi) is 6.89. The number of rotatable bonds is 7. The van der Waals surface area contributed by atoms with E-state index in [4.69, 9.17) is 5.73 Å². The molecule has 0 aromatic heterocycles. The highest BCUT2D eigenvalue weighted by molar-refractivity contribution is 5.39.